The highest BCUT2D eigenvalue weighted by atomic mass is 16.4. The zero-order valence-electron chi connectivity index (χ0n) is 12.7. The minimum Gasteiger partial charge on any atom is -0.481 e. The van der Waals surface area contributed by atoms with Crippen LogP contribution in [0.1, 0.15) is 45.4 Å². The molecule has 2 fully saturated rings. The van der Waals surface area contributed by atoms with Crippen LogP contribution in [-0.2, 0) is 4.79 Å². The van der Waals surface area contributed by atoms with E-state index in [9.17, 15) is 9.59 Å². The van der Waals surface area contributed by atoms with E-state index in [0.29, 0.717) is 19.4 Å². The van der Waals surface area contributed by atoms with Gasteiger partial charge >= 0.3 is 12.0 Å². The first kappa shape index (κ1) is 16.1. The van der Waals surface area contributed by atoms with Crippen LogP contribution in [0.2, 0.25) is 0 Å². The van der Waals surface area contributed by atoms with Crippen molar-refractivity contribution in [1.29, 1.82) is 0 Å². The van der Waals surface area contributed by atoms with Crippen molar-refractivity contribution < 1.29 is 19.8 Å². The number of aliphatic carboxylic acids is 1. The number of hydrogen-bond acceptors (Lipinski definition) is 3. The largest absolute Gasteiger partial charge is 0.481 e. The number of carbonyl (C=O) groups is 2. The first-order chi connectivity index (χ1) is 10.0. The van der Waals surface area contributed by atoms with Crippen LogP contribution in [0.4, 0.5) is 4.79 Å². The van der Waals surface area contributed by atoms with Crippen molar-refractivity contribution in [1.82, 2.24) is 9.80 Å². The van der Waals surface area contributed by atoms with Crippen LogP contribution in [0.25, 0.3) is 0 Å². The van der Waals surface area contributed by atoms with Gasteiger partial charge in [-0.05, 0) is 45.4 Å². The Morgan fingerprint density at radius 3 is 2.57 bits per heavy atom. The summed E-state index contributed by atoms with van der Waals surface area (Å²) in [5, 5.41) is 18.0. The molecule has 6 heteroatoms. The Kier molecular flexibility index (Phi) is 5.45. The Bertz CT molecular complexity index is 388. The van der Waals surface area contributed by atoms with Crippen molar-refractivity contribution in [2.45, 2.75) is 57.5 Å². The van der Waals surface area contributed by atoms with Gasteiger partial charge in [-0.3, -0.25) is 4.79 Å². The van der Waals surface area contributed by atoms with Gasteiger partial charge in [0, 0.05) is 31.8 Å². The molecule has 2 saturated heterocycles. The zero-order valence-corrected chi connectivity index (χ0v) is 12.7. The molecule has 6 nitrogen and oxygen atoms in total. The quantitative estimate of drug-likeness (QED) is 0.824. The molecule has 0 radical (unpaired) electrons. The van der Waals surface area contributed by atoms with Gasteiger partial charge in [-0.2, -0.15) is 0 Å². The molecule has 0 spiro atoms. The Balaban J connectivity index is 1.95. The summed E-state index contributed by atoms with van der Waals surface area (Å²) in [6, 6.07) is 0.257. The SMILES string of the molecule is CC1CC(C(=O)O)CCN1C(=O)N1CCCC1CCCO. The van der Waals surface area contributed by atoms with Gasteiger partial charge in [0.1, 0.15) is 0 Å². The number of urea groups is 1. The number of carbonyl (C=O) groups excluding carboxylic acids is 1. The monoisotopic (exact) mass is 298 g/mol. The minimum absolute atomic E-state index is 0.0218. The normalized spacial score (nSPS) is 29.7. The van der Waals surface area contributed by atoms with Gasteiger partial charge in [-0.1, -0.05) is 0 Å². The summed E-state index contributed by atoms with van der Waals surface area (Å²) in [4.78, 5) is 27.5. The Hall–Kier alpha value is -1.30. The molecule has 0 aromatic rings. The number of aliphatic hydroxyl groups is 1. The van der Waals surface area contributed by atoms with E-state index in [-0.39, 0.29) is 30.6 Å². The topological polar surface area (TPSA) is 81.1 Å². The molecule has 0 bridgehead atoms. The lowest BCUT2D eigenvalue weighted by Crippen LogP contribution is -2.52. The Labute approximate surface area is 125 Å². The van der Waals surface area contributed by atoms with Crippen molar-refractivity contribution in [2.24, 2.45) is 5.92 Å². The van der Waals surface area contributed by atoms with Gasteiger partial charge in [0.2, 0.25) is 0 Å². The average Bonchev–Trinajstić information content (AvgIpc) is 2.92. The summed E-state index contributed by atoms with van der Waals surface area (Å²) < 4.78 is 0. The van der Waals surface area contributed by atoms with Crippen molar-refractivity contribution >= 4 is 12.0 Å². The molecule has 0 aromatic carbocycles. The molecule has 3 atom stereocenters. The molecule has 21 heavy (non-hydrogen) atoms. The molecular formula is C15H26N2O4. The molecule has 2 heterocycles. The highest BCUT2D eigenvalue weighted by Crippen LogP contribution is 2.28. The molecule has 0 saturated carbocycles. The summed E-state index contributed by atoms with van der Waals surface area (Å²) in [7, 11) is 0. The van der Waals surface area contributed by atoms with Crippen molar-refractivity contribution in [2.75, 3.05) is 19.7 Å². The van der Waals surface area contributed by atoms with E-state index in [1.165, 1.54) is 0 Å². The Morgan fingerprint density at radius 1 is 1.19 bits per heavy atom. The number of carboxylic acid groups (broad SMARTS) is 1. The van der Waals surface area contributed by atoms with Gasteiger partial charge in [0.25, 0.3) is 0 Å². The fourth-order valence-corrected chi connectivity index (χ4v) is 3.56. The molecule has 3 unspecified atom stereocenters. The highest BCUT2D eigenvalue weighted by molar-refractivity contribution is 5.76. The number of rotatable bonds is 4. The van der Waals surface area contributed by atoms with E-state index in [4.69, 9.17) is 10.2 Å². The predicted molar refractivity (Wildman–Crippen MR) is 78.0 cm³/mol. The van der Waals surface area contributed by atoms with Crippen LogP contribution in [-0.4, -0.2) is 63.8 Å². The van der Waals surface area contributed by atoms with E-state index in [1.54, 1.807) is 0 Å². The second kappa shape index (κ2) is 7.11. The standard InChI is InChI=1S/C15H26N2O4/c1-11-10-12(14(19)20)6-8-16(11)15(21)17-7-2-4-13(17)5-3-9-18/h11-13,18H,2-10H2,1H3,(H,19,20). The predicted octanol–water partition coefficient (Wildman–Crippen LogP) is 1.53. The molecule has 120 valence electrons. The van der Waals surface area contributed by atoms with Crippen LogP contribution < -0.4 is 0 Å². The third-order valence-electron chi connectivity index (χ3n) is 4.79. The number of carboxylic acids is 1. The van der Waals surface area contributed by atoms with Gasteiger partial charge in [-0.25, -0.2) is 4.79 Å². The molecule has 2 aliphatic rings. The maximum absolute atomic E-state index is 12.7. The summed E-state index contributed by atoms with van der Waals surface area (Å²) in [5.41, 5.74) is 0. The van der Waals surface area contributed by atoms with Gasteiger partial charge < -0.3 is 20.0 Å². The summed E-state index contributed by atoms with van der Waals surface area (Å²) >= 11 is 0. The van der Waals surface area contributed by atoms with E-state index >= 15 is 0 Å². The lowest BCUT2D eigenvalue weighted by Gasteiger charge is -2.40. The molecule has 2 amide bonds. The Morgan fingerprint density at radius 2 is 1.95 bits per heavy atom. The number of hydrogen-bond donors (Lipinski definition) is 2. The van der Waals surface area contributed by atoms with Crippen LogP contribution >= 0.6 is 0 Å². The first-order valence-corrected chi connectivity index (χ1v) is 7.95. The fraction of sp³-hybridized carbons (Fsp3) is 0.867. The van der Waals surface area contributed by atoms with Crippen molar-refractivity contribution in [3.63, 3.8) is 0 Å². The zero-order chi connectivity index (χ0) is 15.4. The number of piperidine rings is 1. The van der Waals surface area contributed by atoms with Crippen LogP contribution in [0.3, 0.4) is 0 Å². The molecular weight excluding hydrogens is 272 g/mol. The first-order valence-electron chi connectivity index (χ1n) is 7.95. The number of likely N-dealkylation sites (tertiary alicyclic amines) is 2. The molecule has 2 N–H and O–H groups in total. The van der Waals surface area contributed by atoms with E-state index in [1.807, 2.05) is 16.7 Å². The summed E-state index contributed by atoms with van der Waals surface area (Å²) in [6.07, 6.45) is 4.68. The highest BCUT2D eigenvalue weighted by Gasteiger charge is 2.37. The maximum Gasteiger partial charge on any atom is 0.320 e. The lowest BCUT2D eigenvalue weighted by atomic mass is 9.92. The molecule has 2 aliphatic heterocycles. The van der Waals surface area contributed by atoms with Crippen LogP contribution in [0.15, 0.2) is 0 Å². The number of amides is 2. The second-order valence-corrected chi connectivity index (χ2v) is 6.24. The molecule has 0 aromatic heterocycles. The number of nitrogens with zero attached hydrogens (tertiary/aromatic N) is 2. The third-order valence-corrected chi connectivity index (χ3v) is 4.79. The minimum atomic E-state index is -0.754. The second-order valence-electron chi connectivity index (χ2n) is 6.24. The number of aliphatic hydroxyl groups excluding tert-OH is 1. The van der Waals surface area contributed by atoms with Crippen LogP contribution in [0, 0.1) is 5.92 Å². The summed E-state index contributed by atoms with van der Waals surface area (Å²) in [6.45, 7) is 3.41. The third kappa shape index (κ3) is 3.67. The van der Waals surface area contributed by atoms with Gasteiger partial charge in [-0.15, -0.1) is 0 Å². The van der Waals surface area contributed by atoms with Crippen molar-refractivity contribution in [3.8, 4) is 0 Å². The fourth-order valence-electron chi connectivity index (χ4n) is 3.56. The average molecular weight is 298 g/mol. The molecule has 0 aliphatic carbocycles. The molecule has 2 rings (SSSR count). The van der Waals surface area contributed by atoms with E-state index in [2.05, 4.69) is 0 Å². The smallest absolute Gasteiger partial charge is 0.320 e. The van der Waals surface area contributed by atoms with Gasteiger partial charge in [0.15, 0.2) is 0 Å². The maximum atomic E-state index is 12.7. The van der Waals surface area contributed by atoms with Gasteiger partial charge in [0.05, 0.1) is 5.92 Å². The van der Waals surface area contributed by atoms with Crippen LogP contribution in [0.5, 0.6) is 0 Å². The lowest BCUT2D eigenvalue weighted by molar-refractivity contribution is -0.143. The van der Waals surface area contributed by atoms with E-state index < -0.39 is 5.97 Å². The van der Waals surface area contributed by atoms with Crippen molar-refractivity contribution in [3.05, 3.63) is 0 Å². The summed E-state index contributed by atoms with van der Waals surface area (Å²) in [5.74, 6) is -1.08. The van der Waals surface area contributed by atoms with E-state index in [0.717, 1.165) is 32.2 Å².